The van der Waals surface area contributed by atoms with E-state index in [2.05, 4.69) is 23.8 Å². The highest BCUT2D eigenvalue weighted by Crippen LogP contribution is 2.65. The number of thioether (sulfide) groups is 1. The minimum absolute atomic E-state index is 0.243. The van der Waals surface area contributed by atoms with Crippen molar-refractivity contribution in [3.05, 3.63) is 0 Å². The number of azo groups is 1. The largest absolute Gasteiger partial charge is 0.179 e. The van der Waals surface area contributed by atoms with Crippen LogP contribution in [0.4, 0.5) is 0 Å². The van der Waals surface area contributed by atoms with Crippen LogP contribution >= 0.6 is 11.8 Å². The van der Waals surface area contributed by atoms with Crippen LogP contribution in [0.3, 0.4) is 0 Å². The van der Waals surface area contributed by atoms with Crippen LogP contribution < -0.4 is 0 Å². The maximum atomic E-state index is 4.74. The van der Waals surface area contributed by atoms with Gasteiger partial charge in [0.2, 0.25) is 0 Å². The van der Waals surface area contributed by atoms with Crippen molar-refractivity contribution in [2.24, 2.45) is 33.9 Å². The topological polar surface area (TPSA) is 24.7 Å². The highest BCUT2D eigenvalue weighted by Gasteiger charge is 2.60. The van der Waals surface area contributed by atoms with E-state index in [-0.39, 0.29) is 4.87 Å². The molecular weight excluding hydrogens is 204 g/mol. The van der Waals surface area contributed by atoms with Crippen LogP contribution in [0.15, 0.2) is 10.2 Å². The summed E-state index contributed by atoms with van der Waals surface area (Å²) >= 11 is 2.07. The fourth-order valence-corrected chi connectivity index (χ4v) is 6.21. The molecule has 0 aromatic carbocycles. The van der Waals surface area contributed by atoms with E-state index in [0.717, 1.165) is 23.7 Å². The van der Waals surface area contributed by atoms with E-state index >= 15 is 0 Å². The highest BCUT2D eigenvalue weighted by atomic mass is 32.2. The molecule has 82 valence electrons. The fourth-order valence-electron chi connectivity index (χ4n) is 4.71. The number of rotatable bonds is 0. The van der Waals surface area contributed by atoms with Crippen molar-refractivity contribution in [3.8, 4) is 0 Å². The summed E-state index contributed by atoms with van der Waals surface area (Å²) in [5.41, 5.74) is 0. The van der Waals surface area contributed by atoms with Gasteiger partial charge in [-0.05, 0) is 62.7 Å². The molecule has 4 fully saturated rings. The zero-order valence-corrected chi connectivity index (χ0v) is 10.0. The Morgan fingerprint density at radius 3 is 2.07 bits per heavy atom. The molecule has 1 aliphatic heterocycles. The quantitative estimate of drug-likeness (QED) is 0.613. The maximum Gasteiger partial charge on any atom is 0.134 e. The first-order valence-corrected chi connectivity index (χ1v) is 7.24. The van der Waals surface area contributed by atoms with Gasteiger partial charge >= 0.3 is 0 Å². The summed E-state index contributed by atoms with van der Waals surface area (Å²) in [6, 6.07) is 0. The zero-order valence-electron chi connectivity index (χ0n) is 9.22. The molecule has 3 heteroatoms. The van der Waals surface area contributed by atoms with Crippen LogP contribution in [-0.2, 0) is 0 Å². The lowest BCUT2D eigenvalue weighted by Crippen LogP contribution is -2.54. The normalized spacial score (nSPS) is 60.7. The van der Waals surface area contributed by atoms with Gasteiger partial charge in [0, 0.05) is 0 Å². The molecule has 0 aromatic heterocycles. The Labute approximate surface area is 95.3 Å². The van der Waals surface area contributed by atoms with Gasteiger partial charge in [0.25, 0.3) is 0 Å². The third-order valence-electron chi connectivity index (χ3n) is 5.04. The van der Waals surface area contributed by atoms with E-state index in [1.54, 1.807) is 0 Å². The van der Waals surface area contributed by atoms with E-state index in [1.807, 2.05) is 0 Å². The standard InChI is InChI=1S/C12H18N2S/c1-7-13-14-12(15-7)10-3-8-2-9(5-10)6-11(12)4-8/h7-11H,2-6H2,1H3. The molecule has 4 bridgehead atoms. The van der Waals surface area contributed by atoms with Gasteiger partial charge in [-0.25, -0.2) is 0 Å². The molecule has 5 aliphatic rings. The summed E-state index contributed by atoms with van der Waals surface area (Å²) in [6.45, 7) is 2.20. The molecule has 1 unspecified atom stereocenters. The molecule has 0 N–H and O–H groups in total. The van der Waals surface area contributed by atoms with E-state index in [9.17, 15) is 0 Å². The van der Waals surface area contributed by atoms with Crippen LogP contribution in [0, 0.1) is 23.7 Å². The van der Waals surface area contributed by atoms with E-state index in [4.69, 9.17) is 5.11 Å². The summed E-state index contributed by atoms with van der Waals surface area (Å²) in [7, 11) is 0. The molecule has 4 saturated carbocycles. The summed E-state index contributed by atoms with van der Waals surface area (Å²) in [4.78, 5) is 0.243. The average Bonchev–Trinajstić information content (AvgIpc) is 2.57. The Kier molecular flexibility index (Phi) is 1.68. The molecule has 0 saturated heterocycles. The van der Waals surface area contributed by atoms with Crippen LogP contribution in [0.2, 0.25) is 0 Å². The molecule has 5 rings (SSSR count). The Bertz CT molecular complexity index is 298. The predicted molar refractivity (Wildman–Crippen MR) is 61.7 cm³/mol. The lowest BCUT2D eigenvalue weighted by Gasteiger charge is -2.57. The first-order chi connectivity index (χ1) is 7.26. The zero-order chi connectivity index (χ0) is 10.0. The van der Waals surface area contributed by atoms with Crippen molar-refractivity contribution in [1.29, 1.82) is 0 Å². The molecule has 4 aliphatic carbocycles. The van der Waals surface area contributed by atoms with Crippen LogP contribution in [0.5, 0.6) is 0 Å². The fraction of sp³-hybridized carbons (Fsp3) is 1.00. The minimum atomic E-state index is 0.243. The maximum absolute atomic E-state index is 4.74. The predicted octanol–water partition coefficient (Wildman–Crippen LogP) is 3.68. The molecular formula is C12H18N2S. The van der Waals surface area contributed by atoms with E-state index < -0.39 is 0 Å². The second-order valence-electron chi connectivity index (χ2n) is 5.99. The lowest BCUT2D eigenvalue weighted by molar-refractivity contribution is -0.0142. The highest BCUT2D eigenvalue weighted by molar-refractivity contribution is 8.01. The smallest absolute Gasteiger partial charge is 0.134 e. The summed E-state index contributed by atoms with van der Waals surface area (Å²) in [5, 5.41) is 9.58. The number of hydrogen-bond donors (Lipinski definition) is 0. The minimum Gasteiger partial charge on any atom is -0.179 e. The van der Waals surface area contributed by atoms with Crippen LogP contribution in [-0.4, -0.2) is 10.2 Å². The molecule has 2 nitrogen and oxygen atoms in total. The van der Waals surface area contributed by atoms with Gasteiger partial charge in [-0.3, -0.25) is 0 Å². The van der Waals surface area contributed by atoms with E-state index in [0.29, 0.717) is 5.37 Å². The van der Waals surface area contributed by atoms with Crippen molar-refractivity contribution in [3.63, 3.8) is 0 Å². The third-order valence-corrected chi connectivity index (χ3v) is 6.61. The summed E-state index contributed by atoms with van der Waals surface area (Å²) in [5.74, 6) is 3.83. The van der Waals surface area contributed by atoms with Crippen molar-refractivity contribution in [1.82, 2.24) is 0 Å². The van der Waals surface area contributed by atoms with Crippen LogP contribution in [0.1, 0.15) is 39.0 Å². The first-order valence-electron chi connectivity index (χ1n) is 6.36. The Morgan fingerprint density at radius 2 is 1.60 bits per heavy atom. The molecule has 0 radical (unpaired) electrons. The second kappa shape index (κ2) is 2.79. The number of hydrogen-bond acceptors (Lipinski definition) is 3. The average molecular weight is 222 g/mol. The molecule has 1 heterocycles. The van der Waals surface area contributed by atoms with Crippen molar-refractivity contribution in [2.45, 2.75) is 49.3 Å². The van der Waals surface area contributed by atoms with Crippen LogP contribution in [0.25, 0.3) is 0 Å². The molecule has 15 heavy (non-hydrogen) atoms. The van der Waals surface area contributed by atoms with Gasteiger partial charge < -0.3 is 0 Å². The van der Waals surface area contributed by atoms with E-state index in [1.165, 1.54) is 32.1 Å². The second-order valence-corrected chi connectivity index (χ2v) is 7.56. The number of nitrogens with zero attached hydrogens (tertiary/aromatic N) is 2. The van der Waals surface area contributed by atoms with Gasteiger partial charge in [0.05, 0.1) is 0 Å². The summed E-state index contributed by atoms with van der Waals surface area (Å²) < 4.78 is 0. The Balaban J connectivity index is 1.74. The third kappa shape index (κ3) is 1.08. The lowest BCUT2D eigenvalue weighted by atomic mass is 9.54. The van der Waals surface area contributed by atoms with Gasteiger partial charge in [0.1, 0.15) is 10.2 Å². The van der Waals surface area contributed by atoms with Crippen molar-refractivity contribution >= 4 is 11.8 Å². The first kappa shape index (κ1) is 9.03. The molecule has 1 spiro atoms. The van der Waals surface area contributed by atoms with Gasteiger partial charge in [-0.1, -0.05) is 0 Å². The van der Waals surface area contributed by atoms with Crippen molar-refractivity contribution < 1.29 is 0 Å². The monoisotopic (exact) mass is 222 g/mol. The Morgan fingerprint density at radius 1 is 1.00 bits per heavy atom. The molecule has 0 amide bonds. The molecule has 1 atom stereocenters. The van der Waals surface area contributed by atoms with Gasteiger partial charge in [-0.15, -0.1) is 11.8 Å². The SMILES string of the molecule is CC1N=NC2(S1)C1CC3CC(C1)CC2C3. The van der Waals surface area contributed by atoms with Gasteiger partial charge in [-0.2, -0.15) is 10.2 Å². The summed E-state index contributed by atoms with van der Waals surface area (Å²) in [6.07, 6.45) is 7.33. The molecule has 0 aromatic rings. The van der Waals surface area contributed by atoms with Gasteiger partial charge in [0.15, 0.2) is 0 Å². The van der Waals surface area contributed by atoms with Crippen molar-refractivity contribution in [2.75, 3.05) is 0 Å². The Hall–Kier alpha value is -0.0500.